The van der Waals surface area contributed by atoms with Crippen molar-refractivity contribution in [2.24, 2.45) is 0 Å². The van der Waals surface area contributed by atoms with Crippen molar-refractivity contribution in [3.8, 4) is 0 Å². The van der Waals surface area contributed by atoms with E-state index < -0.39 is 0 Å². The summed E-state index contributed by atoms with van der Waals surface area (Å²) in [7, 11) is 0. The molecule has 1 aliphatic rings. The van der Waals surface area contributed by atoms with Crippen LogP contribution in [0.2, 0.25) is 0 Å². The molecule has 0 bridgehead atoms. The molecule has 1 fully saturated rings. The number of hydrogen-bond acceptors (Lipinski definition) is 5. The highest BCUT2D eigenvalue weighted by molar-refractivity contribution is 9.10. The standard InChI is InChI=1S/C12H15BrN4O2/c1-8-4-9(2-3-18-8)12-15-11(16-19-12)7-17-6-10(13)5-14-17/h5-6,8-9H,2-4,7H2,1H3/t8-,9+/m0/s1. The van der Waals surface area contributed by atoms with Gasteiger partial charge in [0, 0.05) is 18.7 Å². The lowest BCUT2D eigenvalue weighted by molar-refractivity contribution is 0.0134. The van der Waals surface area contributed by atoms with Crippen LogP contribution in [0.5, 0.6) is 0 Å². The quantitative estimate of drug-likeness (QED) is 0.866. The highest BCUT2D eigenvalue weighted by Crippen LogP contribution is 2.28. The van der Waals surface area contributed by atoms with E-state index in [4.69, 9.17) is 9.26 Å². The summed E-state index contributed by atoms with van der Waals surface area (Å²) in [5.41, 5.74) is 0. The van der Waals surface area contributed by atoms with Crippen LogP contribution >= 0.6 is 15.9 Å². The van der Waals surface area contributed by atoms with Gasteiger partial charge >= 0.3 is 0 Å². The topological polar surface area (TPSA) is 66.0 Å². The second kappa shape index (κ2) is 5.42. The molecule has 0 unspecified atom stereocenters. The minimum Gasteiger partial charge on any atom is -0.378 e. The van der Waals surface area contributed by atoms with Gasteiger partial charge in [-0.25, -0.2) is 0 Å². The lowest BCUT2D eigenvalue weighted by Crippen LogP contribution is -2.22. The number of nitrogens with zero attached hydrogens (tertiary/aromatic N) is 4. The van der Waals surface area contributed by atoms with Gasteiger partial charge in [0.05, 0.1) is 16.8 Å². The third-order valence-electron chi connectivity index (χ3n) is 3.22. The van der Waals surface area contributed by atoms with Gasteiger partial charge in [0.25, 0.3) is 0 Å². The number of ether oxygens (including phenoxy) is 1. The Kier molecular flexibility index (Phi) is 3.65. The third-order valence-corrected chi connectivity index (χ3v) is 3.63. The van der Waals surface area contributed by atoms with Crippen molar-refractivity contribution in [2.75, 3.05) is 6.61 Å². The van der Waals surface area contributed by atoms with Gasteiger partial charge in [-0.15, -0.1) is 0 Å². The first-order valence-electron chi connectivity index (χ1n) is 6.33. The van der Waals surface area contributed by atoms with Crippen molar-refractivity contribution in [3.63, 3.8) is 0 Å². The smallest absolute Gasteiger partial charge is 0.230 e. The lowest BCUT2D eigenvalue weighted by atomic mass is 9.96. The van der Waals surface area contributed by atoms with Gasteiger partial charge in [-0.2, -0.15) is 10.1 Å². The van der Waals surface area contributed by atoms with E-state index in [1.807, 2.05) is 6.20 Å². The monoisotopic (exact) mass is 326 g/mol. The van der Waals surface area contributed by atoms with Gasteiger partial charge in [0.2, 0.25) is 5.89 Å². The van der Waals surface area contributed by atoms with Crippen molar-refractivity contribution >= 4 is 15.9 Å². The molecule has 19 heavy (non-hydrogen) atoms. The molecule has 102 valence electrons. The van der Waals surface area contributed by atoms with Crippen LogP contribution < -0.4 is 0 Å². The average molecular weight is 327 g/mol. The molecule has 1 saturated heterocycles. The van der Waals surface area contributed by atoms with E-state index in [0.29, 0.717) is 18.3 Å². The van der Waals surface area contributed by atoms with Gasteiger partial charge in [0.15, 0.2) is 5.82 Å². The van der Waals surface area contributed by atoms with Gasteiger partial charge in [-0.1, -0.05) is 5.16 Å². The SMILES string of the molecule is C[C@H]1C[C@H](c2nc(Cn3cc(Br)cn3)no2)CCO1. The van der Waals surface area contributed by atoms with Crippen LogP contribution in [0.1, 0.15) is 37.4 Å². The summed E-state index contributed by atoms with van der Waals surface area (Å²) in [6.07, 6.45) is 5.76. The Hall–Kier alpha value is -1.21. The second-order valence-corrected chi connectivity index (χ2v) is 5.72. The van der Waals surface area contributed by atoms with E-state index in [0.717, 1.165) is 29.8 Å². The maximum absolute atomic E-state index is 5.53. The molecule has 0 spiro atoms. The zero-order chi connectivity index (χ0) is 13.2. The molecule has 2 aromatic rings. The van der Waals surface area contributed by atoms with E-state index in [9.17, 15) is 0 Å². The van der Waals surface area contributed by atoms with Crippen molar-refractivity contribution in [3.05, 3.63) is 28.6 Å². The van der Waals surface area contributed by atoms with Crippen LogP contribution in [0, 0.1) is 0 Å². The van der Waals surface area contributed by atoms with Crippen LogP contribution in [-0.2, 0) is 11.3 Å². The summed E-state index contributed by atoms with van der Waals surface area (Å²) in [4.78, 5) is 4.46. The van der Waals surface area contributed by atoms with E-state index >= 15 is 0 Å². The van der Waals surface area contributed by atoms with Crippen LogP contribution in [0.15, 0.2) is 21.4 Å². The average Bonchev–Trinajstić information content (AvgIpc) is 2.99. The van der Waals surface area contributed by atoms with Gasteiger partial charge < -0.3 is 9.26 Å². The summed E-state index contributed by atoms with van der Waals surface area (Å²) >= 11 is 3.36. The molecule has 1 aliphatic heterocycles. The van der Waals surface area contributed by atoms with Crippen molar-refractivity contribution in [1.82, 2.24) is 19.9 Å². The van der Waals surface area contributed by atoms with Gasteiger partial charge in [-0.05, 0) is 35.7 Å². The predicted molar refractivity (Wildman–Crippen MR) is 70.7 cm³/mol. The van der Waals surface area contributed by atoms with Crippen molar-refractivity contribution < 1.29 is 9.26 Å². The summed E-state index contributed by atoms with van der Waals surface area (Å²) in [5, 5.41) is 8.19. The summed E-state index contributed by atoms with van der Waals surface area (Å²) in [6, 6.07) is 0. The van der Waals surface area contributed by atoms with E-state index in [-0.39, 0.29) is 6.10 Å². The largest absolute Gasteiger partial charge is 0.378 e. The Morgan fingerprint density at radius 3 is 3.16 bits per heavy atom. The maximum atomic E-state index is 5.53. The highest BCUT2D eigenvalue weighted by Gasteiger charge is 2.25. The molecule has 0 radical (unpaired) electrons. The summed E-state index contributed by atoms with van der Waals surface area (Å²) in [5.74, 6) is 1.69. The van der Waals surface area contributed by atoms with Crippen LogP contribution in [0.3, 0.4) is 0 Å². The minimum atomic E-state index is 0.260. The Morgan fingerprint density at radius 1 is 1.53 bits per heavy atom. The lowest BCUT2D eigenvalue weighted by Gasteiger charge is -2.24. The zero-order valence-electron chi connectivity index (χ0n) is 10.6. The Morgan fingerprint density at radius 2 is 2.42 bits per heavy atom. The molecule has 0 saturated carbocycles. The maximum Gasteiger partial charge on any atom is 0.230 e. The molecular formula is C12H15BrN4O2. The fourth-order valence-electron chi connectivity index (χ4n) is 2.29. The van der Waals surface area contributed by atoms with Crippen LogP contribution in [0.4, 0.5) is 0 Å². The molecule has 7 heteroatoms. The van der Waals surface area contributed by atoms with Crippen LogP contribution in [0.25, 0.3) is 0 Å². The fraction of sp³-hybridized carbons (Fsp3) is 0.583. The second-order valence-electron chi connectivity index (χ2n) is 4.81. The molecule has 0 aromatic carbocycles. The molecule has 3 heterocycles. The first kappa shape index (κ1) is 12.8. The highest BCUT2D eigenvalue weighted by atomic mass is 79.9. The summed E-state index contributed by atoms with van der Waals surface area (Å²) < 4.78 is 13.6. The number of rotatable bonds is 3. The van der Waals surface area contributed by atoms with E-state index in [1.54, 1.807) is 10.9 Å². The molecule has 2 atom stereocenters. The number of halogens is 1. The van der Waals surface area contributed by atoms with Crippen molar-refractivity contribution in [2.45, 2.75) is 38.3 Å². The zero-order valence-corrected chi connectivity index (χ0v) is 12.2. The molecule has 0 aliphatic carbocycles. The van der Waals surface area contributed by atoms with E-state index in [2.05, 4.69) is 38.1 Å². The molecule has 3 rings (SSSR count). The normalized spacial score (nSPS) is 23.7. The number of hydrogen-bond donors (Lipinski definition) is 0. The minimum absolute atomic E-state index is 0.260. The third kappa shape index (κ3) is 3.03. The van der Waals surface area contributed by atoms with Crippen molar-refractivity contribution in [1.29, 1.82) is 0 Å². The first-order valence-corrected chi connectivity index (χ1v) is 7.12. The van der Waals surface area contributed by atoms with Crippen LogP contribution in [-0.4, -0.2) is 32.6 Å². The Labute approximate surface area is 119 Å². The predicted octanol–water partition coefficient (Wildman–Crippen LogP) is 2.36. The van der Waals surface area contributed by atoms with Gasteiger partial charge in [-0.3, -0.25) is 4.68 Å². The fourth-order valence-corrected chi connectivity index (χ4v) is 2.62. The Bertz CT molecular complexity index is 553. The molecule has 6 nitrogen and oxygen atoms in total. The molecule has 0 N–H and O–H groups in total. The molecule has 2 aromatic heterocycles. The summed E-state index contributed by atoms with van der Waals surface area (Å²) in [6.45, 7) is 3.36. The van der Waals surface area contributed by atoms with E-state index in [1.165, 1.54) is 0 Å². The molecule has 0 amide bonds. The van der Waals surface area contributed by atoms with Gasteiger partial charge in [0.1, 0.15) is 6.54 Å². The Balaban J connectivity index is 1.69. The molecular weight excluding hydrogens is 312 g/mol. The number of aromatic nitrogens is 4. The first-order chi connectivity index (χ1) is 9.20.